The first-order valence-electron chi connectivity index (χ1n) is 5.14. The number of halogens is 5. The van der Waals surface area contributed by atoms with Crippen LogP contribution in [0.25, 0.3) is 6.08 Å². The summed E-state index contributed by atoms with van der Waals surface area (Å²) < 4.78 is 60.9. The third-order valence-electron chi connectivity index (χ3n) is 2.61. The van der Waals surface area contributed by atoms with E-state index >= 15 is 0 Å². The Bertz CT molecular complexity index is 549. The zero-order chi connectivity index (χ0) is 14.2. The zero-order valence-corrected chi connectivity index (χ0v) is 9.34. The standard InChI is InChI=1S/C11H7F5N2O/c12-9(13)2-8-1-6-4-18(5-7(6)3-17-8)10(19)11(14,15)16/h1-3H,4-5H2. The molecule has 0 radical (unpaired) electrons. The maximum Gasteiger partial charge on any atom is 0.471 e. The highest BCUT2D eigenvalue weighted by Gasteiger charge is 2.44. The normalized spacial score (nSPS) is 14.3. The first kappa shape index (κ1) is 13.4. The van der Waals surface area contributed by atoms with E-state index in [9.17, 15) is 26.7 Å². The molecule has 0 saturated carbocycles. The van der Waals surface area contributed by atoms with Gasteiger partial charge in [-0.05, 0) is 17.2 Å². The van der Waals surface area contributed by atoms with Crippen LogP contribution in [-0.2, 0) is 17.9 Å². The highest BCUT2D eigenvalue weighted by atomic mass is 19.4. The minimum atomic E-state index is -4.94. The molecule has 1 amide bonds. The fraction of sp³-hybridized carbons (Fsp3) is 0.273. The van der Waals surface area contributed by atoms with E-state index < -0.39 is 18.2 Å². The molecule has 0 spiro atoms. The van der Waals surface area contributed by atoms with E-state index in [0.717, 1.165) is 0 Å². The Kier molecular flexibility index (Phi) is 3.25. The predicted molar refractivity (Wildman–Crippen MR) is 54.7 cm³/mol. The van der Waals surface area contributed by atoms with Crippen LogP contribution in [0.4, 0.5) is 22.0 Å². The quantitative estimate of drug-likeness (QED) is 0.740. The van der Waals surface area contributed by atoms with Gasteiger partial charge in [0.05, 0.1) is 5.69 Å². The topological polar surface area (TPSA) is 33.2 Å². The molecule has 8 heteroatoms. The molecule has 3 nitrogen and oxygen atoms in total. The van der Waals surface area contributed by atoms with Crippen LogP contribution < -0.4 is 0 Å². The van der Waals surface area contributed by atoms with Gasteiger partial charge in [0.1, 0.15) is 0 Å². The predicted octanol–water partition coefficient (Wildman–Crippen LogP) is 2.72. The molecule has 1 aliphatic rings. The van der Waals surface area contributed by atoms with Crippen molar-refractivity contribution in [1.82, 2.24) is 9.88 Å². The number of fused-ring (bicyclic) bond motifs is 1. The van der Waals surface area contributed by atoms with Gasteiger partial charge >= 0.3 is 12.1 Å². The van der Waals surface area contributed by atoms with Crippen LogP contribution in [0.2, 0.25) is 0 Å². The van der Waals surface area contributed by atoms with Crippen molar-refractivity contribution in [2.45, 2.75) is 19.3 Å². The van der Waals surface area contributed by atoms with Gasteiger partial charge < -0.3 is 4.90 Å². The van der Waals surface area contributed by atoms with Crippen molar-refractivity contribution < 1.29 is 26.7 Å². The van der Waals surface area contributed by atoms with Gasteiger partial charge in [0.2, 0.25) is 0 Å². The number of hydrogen-bond donors (Lipinski definition) is 0. The van der Waals surface area contributed by atoms with Crippen molar-refractivity contribution >= 4 is 12.0 Å². The van der Waals surface area contributed by atoms with Crippen LogP contribution in [0.5, 0.6) is 0 Å². The van der Waals surface area contributed by atoms with E-state index in [4.69, 9.17) is 0 Å². The van der Waals surface area contributed by atoms with Crippen LogP contribution in [0.1, 0.15) is 16.8 Å². The Labute approximate surface area is 104 Å². The van der Waals surface area contributed by atoms with Gasteiger partial charge in [-0.25, -0.2) is 0 Å². The van der Waals surface area contributed by atoms with Crippen molar-refractivity contribution in [2.75, 3.05) is 0 Å². The first-order valence-corrected chi connectivity index (χ1v) is 5.14. The highest BCUT2D eigenvalue weighted by molar-refractivity contribution is 5.82. The van der Waals surface area contributed by atoms with E-state index in [1.54, 1.807) is 0 Å². The molecule has 0 unspecified atom stereocenters. The molecule has 2 rings (SSSR count). The fourth-order valence-electron chi connectivity index (χ4n) is 1.81. The lowest BCUT2D eigenvalue weighted by Crippen LogP contribution is -2.37. The molecule has 0 aromatic carbocycles. The summed E-state index contributed by atoms with van der Waals surface area (Å²) >= 11 is 0. The largest absolute Gasteiger partial charge is 0.471 e. The van der Waals surface area contributed by atoms with Gasteiger partial charge in [-0.2, -0.15) is 22.0 Å². The van der Waals surface area contributed by atoms with Crippen LogP contribution in [0.3, 0.4) is 0 Å². The number of carbonyl (C=O) groups excluding carboxylic acids is 1. The average Bonchev–Trinajstić information content (AvgIpc) is 2.68. The van der Waals surface area contributed by atoms with Crippen molar-refractivity contribution in [2.24, 2.45) is 0 Å². The van der Waals surface area contributed by atoms with E-state index in [0.29, 0.717) is 22.1 Å². The lowest BCUT2D eigenvalue weighted by molar-refractivity contribution is -0.186. The first-order chi connectivity index (χ1) is 8.77. The Morgan fingerprint density at radius 2 is 1.89 bits per heavy atom. The molecule has 0 aliphatic carbocycles. The Morgan fingerprint density at radius 1 is 1.26 bits per heavy atom. The number of pyridine rings is 1. The number of nitrogens with zero attached hydrogens (tertiary/aromatic N) is 2. The molecule has 1 aromatic heterocycles. The van der Waals surface area contributed by atoms with Crippen LogP contribution >= 0.6 is 0 Å². The number of hydrogen-bond acceptors (Lipinski definition) is 2. The van der Waals surface area contributed by atoms with E-state index in [-0.39, 0.29) is 18.8 Å². The van der Waals surface area contributed by atoms with E-state index in [1.807, 2.05) is 0 Å². The lowest BCUT2D eigenvalue weighted by Gasteiger charge is -2.16. The Hall–Kier alpha value is -1.99. The van der Waals surface area contributed by atoms with Gasteiger partial charge in [0.15, 0.2) is 0 Å². The SMILES string of the molecule is O=C(N1Cc2cnc(C=C(F)F)cc2C1)C(F)(F)F. The fourth-order valence-corrected chi connectivity index (χ4v) is 1.81. The number of aromatic nitrogens is 1. The second-order valence-electron chi connectivity index (χ2n) is 3.97. The Balaban J connectivity index is 2.21. The Morgan fingerprint density at radius 3 is 2.47 bits per heavy atom. The summed E-state index contributed by atoms with van der Waals surface area (Å²) in [7, 11) is 0. The van der Waals surface area contributed by atoms with Crippen molar-refractivity contribution in [1.29, 1.82) is 0 Å². The molecule has 1 aliphatic heterocycles. The van der Waals surface area contributed by atoms with Gasteiger partial charge in [-0.1, -0.05) is 0 Å². The summed E-state index contributed by atoms with van der Waals surface area (Å²) in [5.74, 6) is -1.95. The molecule has 0 atom stereocenters. The molecule has 0 saturated heterocycles. The average molecular weight is 278 g/mol. The third kappa shape index (κ3) is 2.88. The molecule has 2 heterocycles. The molecule has 0 fully saturated rings. The van der Waals surface area contributed by atoms with Crippen molar-refractivity contribution in [3.8, 4) is 0 Å². The zero-order valence-electron chi connectivity index (χ0n) is 9.34. The second kappa shape index (κ2) is 4.60. The lowest BCUT2D eigenvalue weighted by atomic mass is 10.1. The van der Waals surface area contributed by atoms with Gasteiger partial charge in [-0.3, -0.25) is 9.78 Å². The molecule has 19 heavy (non-hydrogen) atoms. The highest BCUT2D eigenvalue weighted by Crippen LogP contribution is 2.28. The summed E-state index contributed by atoms with van der Waals surface area (Å²) in [6.07, 6.45) is -5.18. The van der Waals surface area contributed by atoms with E-state index in [2.05, 4.69) is 4.98 Å². The molecule has 102 valence electrons. The van der Waals surface area contributed by atoms with Crippen LogP contribution in [0, 0.1) is 0 Å². The summed E-state index contributed by atoms with van der Waals surface area (Å²) in [6, 6.07) is 1.25. The van der Waals surface area contributed by atoms with E-state index in [1.165, 1.54) is 12.3 Å². The number of carbonyl (C=O) groups is 1. The number of alkyl halides is 3. The second-order valence-corrected chi connectivity index (χ2v) is 3.97. The van der Waals surface area contributed by atoms with Gasteiger partial charge in [0, 0.05) is 25.4 Å². The molecular weight excluding hydrogens is 271 g/mol. The summed E-state index contributed by atoms with van der Waals surface area (Å²) in [5, 5.41) is 0. The van der Waals surface area contributed by atoms with Crippen molar-refractivity contribution in [3.05, 3.63) is 35.2 Å². The van der Waals surface area contributed by atoms with Gasteiger partial charge in [0.25, 0.3) is 6.08 Å². The minimum Gasteiger partial charge on any atom is -0.326 e. The maximum atomic E-state index is 12.3. The smallest absolute Gasteiger partial charge is 0.326 e. The third-order valence-corrected chi connectivity index (χ3v) is 2.61. The monoisotopic (exact) mass is 278 g/mol. The minimum absolute atomic E-state index is 0.0555. The van der Waals surface area contributed by atoms with Crippen molar-refractivity contribution in [3.63, 3.8) is 0 Å². The van der Waals surface area contributed by atoms with Crippen LogP contribution in [0.15, 0.2) is 18.3 Å². The molecule has 0 N–H and O–H groups in total. The van der Waals surface area contributed by atoms with Crippen LogP contribution in [-0.4, -0.2) is 22.0 Å². The molecule has 1 aromatic rings. The summed E-state index contributed by atoms with van der Waals surface area (Å²) in [6.45, 7) is -0.478. The molecule has 0 bridgehead atoms. The number of rotatable bonds is 1. The number of amides is 1. The summed E-state index contributed by atoms with van der Waals surface area (Å²) in [4.78, 5) is 15.3. The summed E-state index contributed by atoms with van der Waals surface area (Å²) in [5.41, 5.74) is 0.758. The molecular formula is C11H7F5N2O. The maximum absolute atomic E-state index is 12.3. The van der Waals surface area contributed by atoms with Gasteiger partial charge in [-0.15, -0.1) is 0 Å².